The summed E-state index contributed by atoms with van der Waals surface area (Å²) in [5, 5.41) is 9.74. The molecule has 33 heavy (non-hydrogen) atoms. The van der Waals surface area contributed by atoms with Gasteiger partial charge in [-0.15, -0.1) is 0 Å². The molecule has 3 aromatic carbocycles. The third-order valence-corrected chi connectivity index (χ3v) is 5.45. The lowest BCUT2D eigenvalue weighted by Crippen LogP contribution is -2.40. The first-order valence-corrected chi connectivity index (χ1v) is 10.8. The van der Waals surface area contributed by atoms with Crippen molar-refractivity contribution in [3.63, 3.8) is 0 Å². The van der Waals surface area contributed by atoms with Crippen LogP contribution in [0.4, 0.5) is 13.2 Å². The van der Waals surface area contributed by atoms with Crippen LogP contribution in [-0.4, -0.2) is 5.78 Å². The second kappa shape index (κ2) is 9.86. The average molecular weight is 539 g/mol. The summed E-state index contributed by atoms with van der Waals surface area (Å²) in [5.41, 5.74) is -2.45. The zero-order chi connectivity index (χ0) is 24.2. The maximum atomic E-state index is 12.9. The Morgan fingerprint density at radius 2 is 1.73 bits per heavy atom. The number of nitriles is 1. The number of Topliss-reactive ketones (excluding diaryl/α,β-unsaturated/α-hetero) is 1. The second-order valence-electron chi connectivity index (χ2n) is 6.90. The third kappa shape index (κ3) is 5.49. The van der Waals surface area contributed by atoms with Crippen molar-refractivity contribution in [3.8, 4) is 23.3 Å². The molecule has 3 rings (SSSR count). The molecule has 0 aliphatic heterocycles. The highest BCUT2D eigenvalue weighted by atomic mass is 79.9. The van der Waals surface area contributed by atoms with E-state index in [2.05, 4.69) is 15.9 Å². The van der Waals surface area contributed by atoms with Crippen molar-refractivity contribution in [2.24, 2.45) is 0 Å². The van der Waals surface area contributed by atoms with Gasteiger partial charge >= 0.3 is 6.18 Å². The van der Waals surface area contributed by atoms with E-state index in [1.165, 1.54) is 18.2 Å². The van der Waals surface area contributed by atoms with Crippen LogP contribution in [0.2, 0.25) is 5.02 Å². The summed E-state index contributed by atoms with van der Waals surface area (Å²) in [6, 6.07) is 17.5. The molecule has 0 amide bonds. The van der Waals surface area contributed by atoms with Crippen LogP contribution in [0, 0.1) is 11.3 Å². The van der Waals surface area contributed by atoms with Crippen LogP contribution < -0.4 is 9.47 Å². The van der Waals surface area contributed by atoms with E-state index in [-0.39, 0.29) is 28.7 Å². The maximum Gasteiger partial charge on any atom is 0.416 e. The molecule has 0 aliphatic carbocycles. The van der Waals surface area contributed by atoms with Gasteiger partial charge in [0.2, 0.25) is 0 Å². The summed E-state index contributed by atoms with van der Waals surface area (Å²) in [5.74, 6) is -0.0942. The molecule has 0 fully saturated rings. The largest absolute Gasteiger partial charge is 0.461 e. The van der Waals surface area contributed by atoms with E-state index in [4.69, 9.17) is 21.1 Å². The van der Waals surface area contributed by atoms with Crippen LogP contribution in [0.25, 0.3) is 0 Å². The SMILES string of the molecule is CCC(=O)C(C#N)(Oc1cccc(Oc2ccc(C(F)(F)F)cc2Cl)c1)c1cccc(Br)c1. The van der Waals surface area contributed by atoms with Gasteiger partial charge in [0.1, 0.15) is 23.3 Å². The number of hydrogen-bond acceptors (Lipinski definition) is 4. The van der Waals surface area contributed by atoms with E-state index in [0.717, 1.165) is 18.2 Å². The first-order valence-electron chi connectivity index (χ1n) is 9.63. The first-order chi connectivity index (χ1) is 15.6. The Balaban J connectivity index is 1.94. The van der Waals surface area contributed by atoms with Gasteiger partial charge in [0, 0.05) is 22.5 Å². The molecule has 0 spiro atoms. The molecule has 4 nitrogen and oxygen atoms in total. The molecule has 0 saturated carbocycles. The minimum absolute atomic E-state index is 0.00462. The van der Waals surface area contributed by atoms with E-state index in [1.54, 1.807) is 37.3 Å². The summed E-state index contributed by atoms with van der Waals surface area (Å²) in [7, 11) is 0. The Kier molecular flexibility index (Phi) is 7.35. The van der Waals surface area contributed by atoms with Gasteiger partial charge in [-0.05, 0) is 42.5 Å². The van der Waals surface area contributed by atoms with Gasteiger partial charge in [-0.2, -0.15) is 18.4 Å². The van der Waals surface area contributed by atoms with Crippen molar-refractivity contribution in [2.45, 2.75) is 25.1 Å². The molecule has 0 N–H and O–H groups in total. The number of ketones is 1. The quantitative estimate of drug-likeness (QED) is 0.309. The fraction of sp³-hybridized carbons (Fsp3) is 0.167. The van der Waals surface area contributed by atoms with Gasteiger partial charge in [-0.3, -0.25) is 4.79 Å². The Bertz CT molecular complexity index is 1230. The van der Waals surface area contributed by atoms with Crippen LogP contribution in [0.5, 0.6) is 17.2 Å². The topological polar surface area (TPSA) is 59.3 Å². The predicted octanol–water partition coefficient (Wildman–Crippen LogP) is 7.69. The number of carbonyl (C=O) groups is 1. The lowest BCUT2D eigenvalue weighted by atomic mass is 9.89. The summed E-state index contributed by atoms with van der Waals surface area (Å²) >= 11 is 9.29. The molecule has 0 radical (unpaired) electrons. The molecule has 9 heteroatoms. The van der Waals surface area contributed by atoms with Gasteiger partial charge in [-0.25, -0.2) is 0 Å². The van der Waals surface area contributed by atoms with Crippen LogP contribution in [0.15, 0.2) is 71.2 Å². The molecular weight excluding hydrogens is 523 g/mol. The lowest BCUT2D eigenvalue weighted by Gasteiger charge is -2.27. The molecule has 170 valence electrons. The van der Waals surface area contributed by atoms with Gasteiger partial charge in [0.25, 0.3) is 5.60 Å². The number of carbonyl (C=O) groups excluding carboxylic acids is 1. The van der Waals surface area contributed by atoms with Crippen LogP contribution in [0.1, 0.15) is 24.5 Å². The zero-order valence-corrected chi connectivity index (χ0v) is 19.5. The summed E-state index contributed by atoms with van der Waals surface area (Å²) < 4.78 is 50.8. The van der Waals surface area contributed by atoms with E-state index in [0.29, 0.717) is 10.0 Å². The first kappa shape index (κ1) is 24.6. The molecule has 1 unspecified atom stereocenters. The smallest absolute Gasteiger partial charge is 0.416 e. The summed E-state index contributed by atoms with van der Waals surface area (Å²) in [4.78, 5) is 12.8. The minimum atomic E-state index is -4.53. The summed E-state index contributed by atoms with van der Waals surface area (Å²) in [6.07, 6.45) is -4.48. The second-order valence-corrected chi connectivity index (χ2v) is 8.22. The van der Waals surface area contributed by atoms with Crippen LogP contribution in [0.3, 0.4) is 0 Å². The number of alkyl halides is 3. The highest BCUT2D eigenvalue weighted by molar-refractivity contribution is 9.10. The van der Waals surface area contributed by atoms with Crippen molar-refractivity contribution >= 4 is 33.3 Å². The van der Waals surface area contributed by atoms with Crippen molar-refractivity contribution in [3.05, 3.63) is 87.4 Å². The van der Waals surface area contributed by atoms with Crippen molar-refractivity contribution in [2.75, 3.05) is 0 Å². The number of hydrogen-bond donors (Lipinski definition) is 0. The molecule has 0 aromatic heterocycles. The monoisotopic (exact) mass is 537 g/mol. The number of ether oxygens (including phenoxy) is 2. The fourth-order valence-electron chi connectivity index (χ4n) is 3.05. The highest BCUT2D eigenvalue weighted by Crippen LogP contribution is 2.38. The van der Waals surface area contributed by atoms with Gasteiger partial charge < -0.3 is 9.47 Å². The predicted molar refractivity (Wildman–Crippen MR) is 120 cm³/mol. The minimum Gasteiger partial charge on any atom is -0.461 e. The molecule has 0 bridgehead atoms. The number of halogens is 5. The number of benzene rings is 3. The number of nitrogens with zero attached hydrogens (tertiary/aromatic N) is 1. The highest BCUT2D eigenvalue weighted by Gasteiger charge is 2.42. The van der Waals surface area contributed by atoms with Crippen molar-refractivity contribution in [1.29, 1.82) is 5.26 Å². The zero-order valence-electron chi connectivity index (χ0n) is 17.1. The lowest BCUT2D eigenvalue weighted by molar-refractivity contribution is -0.137. The van der Waals surface area contributed by atoms with E-state index < -0.39 is 23.1 Å². The molecule has 0 heterocycles. The third-order valence-electron chi connectivity index (χ3n) is 4.67. The Labute approximate surface area is 201 Å². The van der Waals surface area contributed by atoms with Gasteiger partial charge in [-0.1, -0.05) is 52.7 Å². The summed E-state index contributed by atoms with van der Waals surface area (Å²) in [6.45, 7) is 1.63. The Morgan fingerprint density at radius 3 is 2.33 bits per heavy atom. The molecule has 1 atom stereocenters. The molecular formula is C24H16BrClF3NO3. The Morgan fingerprint density at radius 1 is 1.03 bits per heavy atom. The maximum absolute atomic E-state index is 12.9. The number of rotatable bonds is 7. The molecule has 0 aliphatic rings. The average Bonchev–Trinajstić information content (AvgIpc) is 2.78. The van der Waals surface area contributed by atoms with Crippen LogP contribution >= 0.6 is 27.5 Å². The van der Waals surface area contributed by atoms with E-state index >= 15 is 0 Å². The Hall–Kier alpha value is -3.02. The van der Waals surface area contributed by atoms with Crippen molar-refractivity contribution in [1.82, 2.24) is 0 Å². The van der Waals surface area contributed by atoms with Gasteiger partial charge in [0.15, 0.2) is 5.78 Å². The standard InChI is InChI=1S/C24H16BrClF3NO3/c1-2-22(31)23(14-30,15-5-3-6-17(25)11-15)33-19-8-4-7-18(13-19)32-21-10-9-16(12-20(21)26)24(27,28)29/h3-13H,2H2,1H3. The van der Waals surface area contributed by atoms with E-state index in [1.807, 2.05) is 6.07 Å². The normalized spacial score (nSPS) is 13.0. The van der Waals surface area contributed by atoms with Crippen LogP contribution in [-0.2, 0) is 16.6 Å². The van der Waals surface area contributed by atoms with E-state index in [9.17, 15) is 23.2 Å². The fourth-order valence-corrected chi connectivity index (χ4v) is 3.67. The van der Waals surface area contributed by atoms with Gasteiger partial charge in [0.05, 0.1) is 10.6 Å². The molecule has 3 aromatic rings. The van der Waals surface area contributed by atoms with Crippen molar-refractivity contribution < 1.29 is 27.4 Å². The molecule has 0 saturated heterocycles.